The molecule has 2 aliphatic heterocycles. The molecule has 3 heterocycles. The van der Waals surface area contributed by atoms with Crippen LogP contribution in [-0.4, -0.2) is 17.3 Å². The first kappa shape index (κ1) is 17.3. The van der Waals surface area contributed by atoms with Gasteiger partial charge in [0, 0.05) is 24.4 Å². The lowest BCUT2D eigenvalue weighted by Crippen LogP contribution is -2.34. The van der Waals surface area contributed by atoms with Gasteiger partial charge < -0.3 is 9.47 Å². The van der Waals surface area contributed by atoms with E-state index < -0.39 is 0 Å². The quantitative estimate of drug-likeness (QED) is 0.635. The summed E-state index contributed by atoms with van der Waals surface area (Å²) < 4.78 is 12.4. The third-order valence-corrected chi connectivity index (χ3v) is 6.40. The minimum atomic E-state index is -0.216. The van der Waals surface area contributed by atoms with Crippen LogP contribution < -0.4 is 19.2 Å². The first-order valence-corrected chi connectivity index (χ1v) is 9.90. The molecule has 142 valence electrons. The Balaban J connectivity index is 1.66. The number of amides is 1. The second kappa shape index (κ2) is 6.39. The van der Waals surface area contributed by atoms with Crippen LogP contribution in [0.2, 0.25) is 5.02 Å². The summed E-state index contributed by atoms with van der Waals surface area (Å²) in [5.41, 5.74) is 1.57. The van der Waals surface area contributed by atoms with E-state index in [1.54, 1.807) is 30.1 Å². The van der Waals surface area contributed by atoms with E-state index in [4.69, 9.17) is 21.1 Å². The Morgan fingerprint density at radius 3 is 2.75 bits per heavy atom. The SMILES string of the molecule is Cn1c2c(sc1=O)C(c1ccc3c(c1)OCO3)CC(=O)N2c1cccc(Cl)c1. The number of halogens is 1. The minimum Gasteiger partial charge on any atom is -0.454 e. The van der Waals surface area contributed by atoms with E-state index in [1.165, 1.54) is 15.9 Å². The molecule has 1 amide bonds. The summed E-state index contributed by atoms with van der Waals surface area (Å²) in [6, 6.07) is 12.7. The monoisotopic (exact) mass is 414 g/mol. The standard InChI is InChI=1S/C20H15ClN2O4S/c1-22-19-18(28-20(22)25)14(11-5-6-15-16(7-11)27-10-26-15)9-17(24)23(19)13-4-2-3-12(21)8-13/h2-8,14H,9-10H2,1H3. The number of carbonyl (C=O) groups is 1. The fourth-order valence-corrected chi connectivity index (χ4v) is 4.98. The summed E-state index contributed by atoms with van der Waals surface area (Å²) in [6.45, 7) is 0.189. The number of ether oxygens (including phenoxy) is 2. The highest BCUT2D eigenvalue weighted by molar-refractivity contribution is 7.10. The lowest BCUT2D eigenvalue weighted by molar-refractivity contribution is -0.118. The van der Waals surface area contributed by atoms with Gasteiger partial charge in [0.2, 0.25) is 12.7 Å². The molecular formula is C20H15ClN2O4S. The van der Waals surface area contributed by atoms with Gasteiger partial charge in [-0.2, -0.15) is 0 Å². The molecule has 0 bridgehead atoms. The van der Waals surface area contributed by atoms with Crippen LogP contribution in [0.4, 0.5) is 11.5 Å². The van der Waals surface area contributed by atoms with Crippen LogP contribution in [0.1, 0.15) is 22.8 Å². The summed E-state index contributed by atoms with van der Waals surface area (Å²) in [5, 5.41) is 0.532. The van der Waals surface area contributed by atoms with Crippen molar-refractivity contribution in [2.75, 3.05) is 11.7 Å². The second-order valence-electron chi connectivity index (χ2n) is 6.69. The summed E-state index contributed by atoms with van der Waals surface area (Å²) in [5.74, 6) is 1.63. The molecule has 0 saturated carbocycles. The minimum absolute atomic E-state index is 0.0918. The number of rotatable bonds is 2. The molecule has 1 unspecified atom stereocenters. The molecule has 0 N–H and O–H groups in total. The van der Waals surface area contributed by atoms with Gasteiger partial charge in [-0.3, -0.25) is 19.1 Å². The highest BCUT2D eigenvalue weighted by Gasteiger charge is 2.37. The molecule has 0 spiro atoms. The molecule has 8 heteroatoms. The van der Waals surface area contributed by atoms with Crippen molar-refractivity contribution in [3.05, 3.63) is 67.6 Å². The van der Waals surface area contributed by atoms with Gasteiger partial charge in [0.05, 0.1) is 10.6 Å². The van der Waals surface area contributed by atoms with E-state index in [-0.39, 0.29) is 29.9 Å². The van der Waals surface area contributed by atoms with Gasteiger partial charge >= 0.3 is 4.87 Å². The number of thiazole rings is 1. The molecule has 2 aromatic carbocycles. The van der Waals surface area contributed by atoms with Crippen LogP contribution in [-0.2, 0) is 11.8 Å². The van der Waals surface area contributed by atoms with E-state index in [0.29, 0.717) is 28.0 Å². The molecule has 6 nitrogen and oxygen atoms in total. The predicted molar refractivity (Wildman–Crippen MR) is 107 cm³/mol. The number of hydrogen-bond donors (Lipinski definition) is 0. The van der Waals surface area contributed by atoms with Gasteiger partial charge in [0.1, 0.15) is 5.82 Å². The predicted octanol–water partition coefficient (Wildman–Crippen LogP) is 4.03. The number of nitrogens with zero attached hydrogens (tertiary/aromatic N) is 2. The Morgan fingerprint density at radius 2 is 1.93 bits per heavy atom. The number of anilines is 2. The van der Waals surface area contributed by atoms with Crippen LogP contribution in [0.15, 0.2) is 47.3 Å². The van der Waals surface area contributed by atoms with Gasteiger partial charge in [0.25, 0.3) is 0 Å². The first-order valence-electron chi connectivity index (χ1n) is 8.70. The van der Waals surface area contributed by atoms with Crippen LogP contribution in [0.25, 0.3) is 0 Å². The third-order valence-electron chi connectivity index (χ3n) is 5.03. The number of carbonyl (C=O) groups excluding carboxylic acids is 1. The van der Waals surface area contributed by atoms with Crippen molar-refractivity contribution in [2.45, 2.75) is 12.3 Å². The average Bonchev–Trinajstić information content (AvgIpc) is 3.26. The zero-order valence-electron chi connectivity index (χ0n) is 14.8. The first-order chi connectivity index (χ1) is 13.5. The van der Waals surface area contributed by atoms with E-state index in [9.17, 15) is 9.59 Å². The number of aromatic nitrogens is 1. The van der Waals surface area contributed by atoms with Crippen molar-refractivity contribution in [1.82, 2.24) is 4.57 Å². The molecular weight excluding hydrogens is 400 g/mol. The number of fused-ring (bicyclic) bond motifs is 2. The van der Waals surface area contributed by atoms with Gasteiger partial charge in [-0.25, -0.2) is 0 Å². The van der Waals surface area contributed by atoms with E-state index >= 15 is 0 Å². The van der Waals surface area contributed by atoms with Gasteiger partial charge in [-0.1, -0.05) is 35.1 Å². The third kappa shape index (κ3) is 2.62. The average molecular weight is 415 g/mol. The normalized spacial score (nSPS) is 17.7. The summed E-state index contributed by atoms with van der Waals surface area (Å²) in [6.07, 6.45) is 0.249. The molecule has 28 heavy (non-hydrogen) atoms. The maximum Gasteiger partial charge on any atom is 0.308 e. The summed E-state index contributed by atoms with van der Waals surface area (Å²) in [4.78, 5) is 28.0. The summed E-state index contributed by atoms with van der Waals surface area (Å²) in [7, 11) is 1.69. The lowest BCUT2D eigenvalue weighted by Gasteiger charge is -2.32. The van der Waals surface area contributed by atoms with Crippen LogP contribution in [0, 0.1) is 0 Å². The molecule has 5 rings (SSSR count). The van der Waals surface area contributed by atoms with Crippen molar-refractivity contribution >= 4 is 40.4 Å². The maximum atomic E-state index is 13.2. The van der Waals surface area contributed by atoms with Gasteiger partial charge in [-0.05, 0) is 35.9 Å². The van der Waals surface area contributed by atoms with E-state index in [0.717, 1.165) is 10.4 Å². The highest BCUT2D eigenvalue weighted by atomic mass is 35.5. The van der Waals surface area contributed by atoms with Crippen molar-refractivity contribution in [3.63, 3.8) is 0 Å². The van der Waals surface area contributed by atoms with E-state index in [2.05, 4.69) is 0 Å². The Labute approximate surface area is 169 Å². The molecule has 0 radical (unpaired) electrons. The topological polar surface area (TPSA) is 60.8 Å². The molecule has 3 aromatic rings. The van der Waals surface area contributed by atoms with Gasteiger partial charge in [0.15, 0.2) is 11.5 Å². The van der Waals surface area contributed by atoms with Crippen molar-refractivity contribution in [3.8, 4) is 11.5 Å². The Morgan fingerprint density at radius 1 is 1.11 bits per heavy atom. The lowest BCUT2D eigenvalue weighted by atomic mass is 9.90. The molecule has 1 atom stereocenters. The number of hydrogen-bond acceptors (Lipinski definition) is 5. The van der Waals surface area contributed by atoms with Crippen molar-refractivity contribution in [1.29, 1.82) is 0 Å². The van der Waals surface area contributed by atoms with Crippen LogP contribution >= 0.6 is 22.9 Å². The summed E-state index contributed by atoms with van der Waals surface area (Å²) >= 11 is 7.30. The maximum absolute atomic E-state index is 13.2. The smallest absolute Gasteiger partial charge is 0.308 e. The molecule has 1 aromatic heterocycles. The Kier molecular flexibility index (Phi) is 3.96. The molecule has 2 aliphatic rings. The fourth-order valence-electron chi connectivity index (χ4n) is 3.70. The zero-order chi connectivity index (χ0) is 19.4. The highest BCUT2D eigenvalue weighted by Crippen LogP contribution is 2.46. The molecule has 0 fully saturated rings. The number of benzene rings is 2. The van der Waals surface area contributed by atoms with Crippen molar-refractivity contribution in [2.24, 2.45) is 7.05 Å². The molecule has 0 aliphatic carbocycles. The largest absolute Gasteiger partial charge is 0.454 e. The van der Waals surface area contributed by atoms with Crippen LogP contribution in [0.3, 0.4) is 0 Å². The van der Waals surface area contributed by atoms with Crippen LogP contribution in [0.5, 0.6) is 11.5 Å². The van der Waals surface area contributed by atoms with E-state index in [1.807, 2.05) is 24.3 Å². The fraction of sp³-hybridized carbons (Fsp3) is 0.200. The molecule has 0 saturated heterocycles. The zero-order valence-corrected chi connectivity index (χ0v) is 16.4. The van der Waals surface area contributed by atoms with Gasteiger partial charge in [-0.15, -0.1) is 0 Å². The Bertz CT molecular complexity index is 1170. The Hall–Kier alpha value is -2.77. The second-order valence-corrected chi connectivity index (χ2v) is 8.12. The van der Waals surface area contributed by atoms with Crippen molar-refractivity contribution < 1.29 is 14.3 Å².